The van der Waals surface area contributed by atoms with Crippen molar-refractivity contribution in [1.29, 1.82) is 0 Å². The first-order valence-electron chi connectivity index (χ1n) is 12.4. The number of hydrogen-bond donors (Lipinski definition) is 1. The summed E-state index contributed by atoms with van der Waals surface area (Å²) in [5.41, 5.74) is 1.04. The highest BCUT2D eigenvalue weighted by molar-refractivity contribution is 7.13. The Bertz CT molecular complexity index is 1200. The first kappa shape index (κ1) is 23.6. The van der Waals surface area contributed by atoms with Gasteiger partial charge in [0.05, 0.1) is 25.1 Å². The molecule has 0 radical (unpaired) electrons. The lowest BCUT2D eigenvalue weighted by atomic mass is 9.93. The van der Waals surface area contributed by atoms with Gasteiger partial charge in [0.1, 0.15) is 22.7 Å². The monoisotopic (exact) mass is 492 g/mol. The average Bonchev–Trinajstić information content (AvgIpc) is 3.47. The van der Waals surface area contributed by atoms with Crippen LogP contribution in [0, 0.1) is 0 Å². The zero-order valence-corrected chi connectivity index (χ0v) is 21.1. The maximum Gasteiger partial charge on any atom is 0.273 e. The van der Waals surface area contributed by atoms with Crippen LogP contribution in [0.15, 0.2) is 47.8 Å². The van der Waals surface area contributed by atoms with E-state index in [1.165, 1.54) is 12.8 Å². The van der Waals surface area contributed by atoms with Crippen LogP contribution in [0.25, 0.3) is 10.6 Å². The van der Waals surface area contributed by atoms with E-state index in [0.717, 1.165) is 41.8 Å². The lowest BCUT2D eigenvalue weighted by Crippen LogP contribution is -2.64. The van der Waals surface area contributed by atoms with Crippen LogP contribution in [0.5, 0.6) is 5.75 Å². The van der Waals surface area contributed by atoms with Crippen LogP contribution in [0.1, 0.15) is 61.5 Å². The van der Waals surface area contributed by atoms with Crippen LogP contribution in [0.2, 0.25) is 0 Å². The Morgan fingerprint density at radius 3 is 2.66 bits per heavy atom. The van der Waals surface area contributed by atoms with Gasteiger partial charge in [0.2, 0.25) is 5.91 Å². The van der Waals surface area contributed by atoms with Gasteiger partial charge >= 0.3 is 0 Å². The van der Waals surface area contributed by atoms with Gasteiger partial charge < -0.3 is 15.0 Å². The molecule has 8 heteroatoms. The first-order chi connectivity index (χ1) is 17.0. The number of para-hydroxylation sites is 1. The minimum atomic E-state index is -1.09. The molecule has 7 nitrogen and oxygen atoms in total. The van der Waals surface area contributed by atoms with Crippen molar-refractivity contribution < 1.29 is 14.3 Å². The Kier molecular flexibility index (Phi) is 6.65. The summed E-state index contributed by atoms with van der Waals surface area (Å²) < 4.78 is 7.27. The zero-order chi connectivity index (χ0) is 24.4. The molecule has 2 aliphatic rings. The van der Waals surface area contributed by atoms with Crippen molar-refractivity contribution in [1.82, 2.24) is 20.0 Å². The molecule has 2 amide bonds. The highest BCUT2D eigenvalue weighted by Crippen LogP contribution is 2.34. The first-order valence-corrected chi connectivity index (χ1v) is 13.2. The fraction of sp³-hybridized carbons (Fsp3) is 0.444. The molecule has 0 spiro atoms. The molecular weight excluding hydrogens is 460 g/mol. The highest BCUT2D eigenvalue weighted by atomic mass is 32.1. The Morgan fingerprint density at radius 1 is 1.17 bits per heavy atom. The van der Waals surface area contributed by atoms with E-state index in [1.54, 1.807) is 28.0 Å². The number of carbonyl (C=O) groups is 2. The number of ether oxygens (including phenoxy) is 1. The molecule has 0 bridgehead atoms. The molecule has 3 aromatic rings. The Labute approximate surface area is 210 Å². The number of hydrogen-bond acceptors (Lipinski definition) is 5. The second kappa shape index (κ2) is 9.85. The van der Waals surface area contributed by atoms with Crippen molar-refractivity contribution in [3.63, 3.8) is 0 Å². The molecule has 3 heterocycles. The van der Waals surface area contributed by atoms with Crippen LogP contribution in [0.3, 0.4) is 0 Å². The van der Waals surface area contributed by atoms with Crippen molar-refractivity contribution >= 4 is 23.2 Å². The Hall–Kier alpha value is -3.13. The van der Waals surface area contributed by atoms with Gasteiger partial charge in [-0.1, -0.05) is 49.9 Å². The van der Waals surface area contributed by atoms with Crippen LogP contribution in [-0.4, -0.2) is 45.2 Å². The lowest BCUT2D eigenvalue weighted by Gasteiger charge is -2.44. The molecule has 1 saturated carbocycles. The summed E-state index contributed by atoms with van der Waals surface area (Å²) in [4.78, 5) is 30.5. The van der Waals surface area contributed by atoms with Gasteiger partial charge in [-0.2, -0.15) is 5.10 Å². The molecule has 1 unspecified atom stereocenters. The maximum absolute atomic E-state index is 13.9. The van der Waals surface area contributed by atoms with Crippen molar-refractivity contribution in [2.75, 3.05) is 7.11 Å². The van der Waals surface area contributed by atoms with Gasteiger partial charge in [0.15, 0.2) is 0 Å². The maximum atomic E-state index is 13.9. The minimum Gasteiger partial charge on any atom is -0.496 e. The van der Waals surface area contributed by atoms with Crippen LogP contribution >= 0.6 is 11.3 Å². The molecule has 184 valence electrons. The average molecular weight is 493 g/mol. The van der Waals surface area contributed by atoms with Crippen LogP contribution in [-0.2, 0) is 17.9 Å². The third kappa shape index (κ3) is 4.59. The Balaban J connectivity index is 1.51. The fourth-order valence-corrected chi connectivity index (χ4v) is 5.88. The second-order valence-electron chi connectivity index (χ2n) is 9.69. The molecule has 5 rings (SSSR count). The SMILES string of the molecule is COc1ccccc1CN1C(=O)c2cc(-c3cccs3)nn2CC1(C)C(=O)NC1CCCCCC1. The largest absolute Gasteiger partial charge is 0.496 e. The van der Waals surface area contributed by atoms with Crippen molar-refractivity contribution in [3.8, 4) is 16.3 Å². The quantitative estimate of drug-likeness (QED) is 0.498. The number of nitrogens with zero attached hydrogens (tertiary/aromatic N) is 3. The number of amides is 2. The van der Waals surface area contributed by atoms with E-state index >= 15 is 0 Å². The van der Waals surface area contributed by atoms with E-state index in [2.05, 4.69) is 5.32 Å². The summed E-state index contributed by atoms with van der Waals surface area (Å²) in [7, 11) is 1.62. The molecule has 2 aromatic heterocycles. The van der Waals surface area contributed by atoms with Gasteiger partial charge in [-0.25, -0.2) is 0 Å². The smallest absolute Gasteiger partial charge is 0.273 e. The normalized spacial score (nSPS) is 20.9. The predicted molar refractivity (Wildman–Crippen MR) is 136 cm³/mol. The number of benzene rings is 1. The van der Waals surface area contributed by atoms with E-state index in [4.69, 9.17) is 9.84 Å². The molecular formula is C27H32N4O3S. The highest BCUT2D eigenvalue weighted by Gasteiger charge is 2.48. The molecule has 0 saturated heterocycles. The van der Waals surface area contributed by atoms with Crippen molar-refractivity contribution in [2.24, 2.45) is 0 Å². The number of methoxy groups -OCH3 is 1. The third-order valence-electron chi connectivity index (χ3n) is 7.27. The zero-order valence-electron chi connectivity index (χ0n) is 20.3. The van der Waals surface area contributed by atoms with Gasteiger partial charge in [0.25, 0.3) is 5.91 Å². The molecule has 1 N–H and O–H groups in total. The molecule has 1 fully saturated rings. The second-order valence-corrected chi connectivity index (χ2v) is 10.6. The van der Waals surface area contributed by atoms with Crippen LogP contribution in [0.4, 0.5) is 0 Å². The molecule has 1 aliphatic carbocycles. The third-order valence-corrected chi connectivity index (χ3v) is 8.16. The van der Waals surface area contributed by atoms with E-state index in [0.29, 0.717) is 18.0 Å². The van der Waals surface area contributed by atoms with Crippen molar-refractivity contribution in [3.05, 3.63) is 59.1 Å². The number of rotatable bonds is 6. The van der Waals surface area contributed by atoms with E-state index in [1.807, 2.05) is 54.8 Å². The minimum absolute atomic E-state index is 0.119. The van der Waals surface area contributed by atoms with E-state index < -0.39 is 5.54 Å². The van der Waals surface area contributed by atoms with E-state index in [-0.39, 0.29) is 24.4 Å². The van der Waals surface area contributed by atoms with Crippen LogP contribution < -0.4 is 10.1 Å². The van der Waals surface area contributed by atoms with Gasteiger partial charge in [-0.15, -0.1) is 11.3 Å². The summed E-state index contributed by atoms with van der Waals surface area (Å²) >= 11 is 1.58. The number of aromatic nitrogens is 2. The summed E-state index contributed by atoms with van der Waals surface area (Å²) in [5, 5.41) is 10.0. The molecule has 1 atom stereocenters. The standard InChI is InChI=1S/C27H32N4O3S/c1-27(26(33)28-20-11-5-3-4-6-12-20)18-31-22(16-21(29-31)24-14-9-15-35-24)25(32)30(27)17-19-10-7-8-13-23(19)34-2/h7-10,13-16,20H,3-6,11-12,17-18H2,1-2H3,(H,28,33). The lowest BCUT2D eigenvalue weighted by molar-refractivity contribution is -0.134. The molecule has 35 heavy (non-hydrogen) atoms. The molecule has 1 aromatic carbocycles. The molecule has 1 aliphatic heterocycles. The number of thiophene rings is 1. The van der Waals surface area contributed by atoms with Crippen molar-refractivity contribution in [2.45, 2.75) is 70.1 Å². The van der Waals surface area contributed by atoms with Gasteiger partial charge in [-0.3, -0.25) is 14.3 Å². The Morgan fingerprint density at radius 2 is 1.94 bits per heavy atom. The van der Waals surface area contributed by atoms with Gasteiger partial charge in [-0.05, 0) is 43.3 Å². The van der Waals surface area contributed by atoms with E-state index in [9.17, 15) is 9.59 Å². The number of carbonyl (C=O) groups excluding carboxylic acids is 2. The fourth-order valence-electron chi connectivity index (χ4n) is 5.20. The predicted octanol–water partition coefficient (Wildman–Crippen LogP) is 4.87. The summed E-state index contributed by atoms with van der Waals surface area (Å²) in [6, 6.07) is 13.6. The van der Waals surface area contributed by atoms with Gasteiger partial charge in [0, 0.05) is 11.6 Å². The number of nitrogens with one attached hydrogen (secondary N) is 1. The summed E-state index contributed by atoms with van der Waals surface area (Å²) in [6.07, 6.45) is 6.64. The topological polar surface area (TPSA) is 76.5 Å². The summed E-state index contributed by atoms with van der Waals surface area (Å²) in [5.74, 6) is 0.382. The summed E-state index contributed by atoms with van der Waals surface area (Å²) in [6.45, 7) is 2.44. The number of fused-ring (bicyclic) bond motifs is 1.